The van der Waals surface area contributed by atoms with Crippen molar-refractivity contribution in [2.45, 2.75) is 20.0 Å². The minimum absolute atomic E-state index is 0.218. The molecule has 0 aliphatic heterocycles. The van der Waals surface area contributed by atoms with Gasteiger partial charge in [-0.3, -0.25) is 0 Å². The summed E-state index contributed by atoms with van der Waals surface area (Å²) < 4.78 is 10.2. The van der Waals surface area contributed by atoms with E-state index in [0.29, 0.717) is 23.1 Å². The van der Waals surface area contributed by atoms with Crippen LogP contribution < -0.4 is 0 Å². The van der Waals surface area contributed by atoms with Gasteiger partial charge in [0.15, 0.2) is 0 Å². The van der Waals surface area contributed by atoms with E-state index in [-0.39, 0.29) is 12.6 Å². The molecule has 0 unspecified atom stereocenters. The Kier molecular flexibility index (Phi) is 4.84. The largest absolute Gasteiger partial charge is 0.465 e. The van der Waals surface area contributed by atoms with Gasteiger partial charge in [-0.15, -0.1) is 0 Å². The third-order valence-electron chi connectivity index (χ3n) is 4.07. The molecular weight excluding hydrogens is 318 g/mol. The fourth-order valence-corrected chi connectivity index (χ4v) is 2.79. The van der Waals surface area contributed by atoms with E-state index in [1.165, 1.54) is 7.11 Å². The Labute approximate surface area is 145 Å². The van der Waals surface area contributed by atoms with Crippen molar-refractivity contribution in [1.82, 2.24) is 4.98 Å². The van der Waals surface area contributed by atoms with Gasteiger partial charge in [0.2, 0.25) is 0 Å². The number of carbonyl (C=O) groups excluding carboxylic acids is 2. The third kappa shape index (κ3) is 3.40. The van der Waals surface area contributed by atoms with E-state index in [0.717, 1.165) is 16.6 Å². The lowest BCUT2D eigenvalue weighted by Crippen LogP contribution is -2.07. The predicted molar refractivity (Wildman–Crippen MR) is 94.6 cm³/mol. The third-order valence-corrected chi connectivity index (χ3v) is 4.07. The minimum atomic E-state index is -0.414. The van der Waals surface area contributed by atoms with E-state index in [1.54, 1.807) is 18.2 Å². The van der Waals surface area contributed by atoms with Crippen molar-refractivity contribution in [2.75, 3.05) is 7.11 Å². The van der Waals surface area contributed by atoms with Gasteiger partial charge in [-0.1, -0.05) is 43.3 Å². The Morgan fingerprint density at radius 1 is 1.04 bits per heavy atom. The molecule has 3 aromatic rings. The van der Waals surface area contributed by atoms with E-state index >= 15 is 0 Å². The monoisotopic (exact) mass is 337 g/mol. The maximum Gasteiger partial charge on any atom is 0.340 e. The number of rotatable bonds is 5. The van der Waals surface area contributed by atoms with Crippen LogP contribution >= 0.6 is 0 Å². The highest BCUT2D eigenvalue weighted by Crippen LogP contribution is 2.25. The highest BCUT2D eigenvalue weighted by atomic mass is 16.5. The predicted octanol–water partition coefficient (Wildman–Crippen LogP) is 3.87. The molecule has 0 amide bonds. The zero-order valence-corrected chi connectivity index (χ0v) is 14.2. The molecule has 0 aliphatic rings. The molecule has 0 radical (unpaired) electrons. The highest BCUT2D eigenvalue weighted by molar-refractivity contribution is 6.07. The molecule has 0 atom stereocenters. The summed E-state index contributed by atoms with van der Waals surface area (Å²) in [5, 5.41) is 0.738. The molecule has 0 saturated carbocycles. The molecule has 128 valence electrons. The van der Waals surface area contributed by atoms with Gasteiger partial charge < -0.3 is 14.5 Å². The highest BCUT2D eigenvalue weighted by Gasteiger charge is 2.20. The Morgan fingerprint density at radius 3 is 2.48 bits per heavy atom. The van der Waals surface area contributed by atoms with Crippen molar-refractivity contribution in [1.29, 1.82) is 0 Å². The van der Waals surface area contributed by atoms with Crippen LogP contribution in [0.15, 0.2) is 48.5 Å². The molecule has 3 rings (SSSR count). The van der Waals surface area contributed by atoms with Crippen LogP contribution in [0.3, 0.4) is 0 Å². The maximum absolute atomic E-state index is 12.6. The van der Waals surface area contributed by atoms with E-state index in [2.05, 4.69) is 4.98 Å². The van der Waals surface area contributed by atoms with Crippen LogP contribution in [0.1, 0.15) is 38.9 Å². The summed E-state index contributed by atoms with van der Waals surface area (Å²) in [6, 6.07) is 14.6. The van der Waals surface area contributed by atoms with E-state index in [1.807, 2.05) is 37.3 Å². The van der Waals surface area contributed by atoms with Gasteiger partial charge in [0, 0.05) is 16.6 Å². The number of esters is 2. The van der Waals surface area contributed by atoms with Crippen molar-refractivity contribution < 1.29 is 19.1 Å². The van der Waals surface area contributed by atoms with E-state index < -0.39 is 5.97 Å². The van der Waals surface area contributed by atoms with Crippen LogP contribution in [0.4, 0.5) is 0 Å². The van der Waals surface area contributed by atoms with Crippen molar-refractivity contribution in [2.24, 2.45) is 0 Å². The topological polar surface area (TPSA) is 68.4 Å². The average Bonchev–Trinajstić information content (AvgIpc) is 3.04. The number of ether oxygens (including phenoxy) is 2. The Hall–Kier alpha value is -3.08. The van der Waals surface area contributed by atoms with Crippen molar-refractivity contribution in [3.05, 3.63) is 70.9 Å². The summed E-state index contributed by atoms with van der Waals surface area (Å²) in [5.41, 5.74) is 3.39. The number of nitrogens with one attached hydrogen (secondary N) is 1. The number of hydrogen-bond acceptors (Lipinski definition) is 4. The molecule has 1 heterocycles. The van der Waals surface area contributed by atoms with Crippen molar-refractivity contribution in [3.63, 3.8) is 0 Å². The molecule has 2 aromatic carbocycles. The quantitative estimate of drug-likeness (QED) is 0.718. The number of H-pyrrole nitrogens is 1. The second-order valence-electron chi connectivity index (χ2n) is 5.65. The minimum Gasteiger partial charge on any atom is -0.465 e. The van der Waals surface area contributed by atoms with Gasteiger partial charge in [-0.05, 0) is 24.1 Å². The van der Waals surface area contributed by atoms with E-state index in [9.17, 15) is 9.59 Å². The summed E-state index contributed by atoms with van der Waals surface area (Å²) in [4.78, 5) is 27.5. The lowest BCUT2D eigenvalue weighted by Gasteiger charge is -2.06. The Morgan fingerprint density at radius 2 is 1.80 bits per heavy atom. The van der Waals surface area contributed by atoms with Crippen LogP contribution in [0, 0.1) is 0 Å². The van der Waals surface area contributed by atoms with Crippen molar-refractivity contribution >= 4 is 22.8 Å². The first-order valence-corrected chi connectivity index (χ1v) is 8.08. The van der Waals surface area contributed by atoms with Crippen LogP contribution in [0.25, 0.3) is 10.9 Å². The molecule has 1 N–H and O–H groups in total. The van der Waals surface area contributed by atoms with Gasteiger partial charge in [0.1, 0.15) is 6.61 Å². The number of methoxy groups -OCH3 is 1. The summed E-state index contributed by atoms with van der Waals surface area (Å²) in [7, 11) is 1.34. The normalized spacial score (nSPS) is 10.6. The van der Waals surface area contributed by atoms with Crippen LogP contribution in [-0.2, 0) is 22.5 Å². The van der Waals surface area contributed by atoms with Gasteiger partial charge in [0.25, 0.3) is 0 Å². The number of carbonyl (C=O) groups is 2. The number of hydrogen-bond donors (Lipinski definition) is 1. The zero-order valence-electron chi connectivity index (χ0n) is 14.2. The molecule has 1 aromatic heterocycles. The maximum atomic E-state index is 12.6. The first-order valence-electron chi connectivity index (χ1n) is 8.08. The number of aromatic nitrogens is 1. The average molecular weight is 337 g/mol. The molecule has 0 spiro atoms. The van der Waals surface area contributed by atoms with Crippen LogP contribution in [-0.4, -0.2) is 24.0 Å². The summed E-state index contributed by atoms with van der Waals surface area (Å²) in [5.74, 6) is -0.791. The van der Waals surface area contributed by atoms with Gasteiger partial charge in [0.05, 0.1) is 18.2 Å². The molecule has 0 aliphatic carbocycles. The lowest BCUT2D eigenvalue weighted by molar-refractivity contribution is 0.0473. The zero-order chi connectivity index (χ0) is 17.8. The molecular formula is C20H19NO4. The van der Waals surface area contributed by atoms with Crippen LogP contribution in [0.2, 0.25) is 0 Å². The summed E-state index contributed by atoms with van der Waals surface area (Å²) >= 11 is 0. The first-order chi connectivity index (χ1) is 12.1. The number of aryl methyl sites for hydroxylation is 1. The van der Waals surface area contributed by atoms with Crippen molar-refractivity contribution in [3.8, 4) is 0 Å². The standard InChI is InChI=1S/C20H19NO4/c1-3-16-18(20(23)25-12-13-7-5-4-6-8-13)15-10-9-14(19(22)24-2)11-17(15)21-16/h4-11,21H,3,12H2,1-2H3. The number of aromatic amines is 1. The fraction of sp³-hybridized carbons (Fsp3) is 0.200. The molecule has 0 saturated heterocycles. The summed E-state index contributed by atoms with van der Waals surface area (Å²) in [6.45, 7) is 2.18. The molecule has 5 nitrogen and oxygen atoms in total. The van der Waals surface area contributed by atoms with Gasteiger partial charge in [-0.25, -0.2) is 9.59 Å². The fourth-order valence-electron chi connectivity index (χ4n) is 2.79. The number of fused-ring (bicyclic) bond motifs is 1. The molecule has 0 fully saturated rings. The Balaban J connectivity index is 1.91. The molecule has 25 heavy (non-hydrogen) atoms. The first kappa shape index (κ1) is 16.8. The second-order valence-corrected chi connectivity index (χ2v) is 5.65. The van der Waals surface area contributed by atoms with E-state index in [4.69, 9.17) is 9.47 Å². The SMILES string of the molecule is CCc1[nH]c2cc(C(=O)OC)ccc2c1C(=O)OCc1ccccc1. The molecule has 0 bridgehead atoms. The van der Waals surface area contributed by atoms with Crippen LogP contribution in [0.5, 0.6) is 0 Å². The molecule has 5 heteroatoms. The van der Waals surface area contributed by atoms with Gasteiger partial charge in [-0.2, -0.15) is 0 Å². The van der Waals surface area contributed by atoms with Gasteiger partial charge >= 0.3 is 11.9 Å². The smallest absolute Gasteiger partial charge is 0.340 e. The number of benzene rings is 2. The second kappa shape index (κ2) is 7.21. The summed E-state index contributed by atoms with van der Waals surface area (Å²) in [6.07, 6.45) is 0.651. The lowest BCUT2D eigenvalue weighted by atomic mass is 10.1. The Bertz CT molecular complexity index is 912.